The Morgan fingerprint density at radius 3 is 2.67 bits per heavy atom. The molecule has 1 amide bonds. The van der Waals surface area contributed by atoms with Crippen molar-refractivity contribution in [1.29, 1.82) is 0 Å². The minimum absolute atomic E-state index is 0.255. The van der Waals surface area contributed by atoms with Crippen molar-refractivity contribution in [3.63, 3.8) is 0 Å². The van der Waals surface area contributed by atoms with E-state index >= 15 is 0 Å². The quantitative estimate of drug-likeness (QED) is 0.749. The van der Waals surface area contributed by atoms with Crippen molar-refractivity contribution in [3.8, 4) is 0 Å². The van der Waals surface area contributed by atoms with Crippen LogP contribution in [0.2, 0.25) is 0 Å². The van der Waals surface area contributed by atoms with Crippen molar-refractivity contribution < 1.29 is 9.53 Å². The normalized spacial score (nSPS) is 14.1. The number of carbonyl (C=O) groups excluding carboxylic acids is 1. The lowest BCUT2D eigenvalue weighted by Gasteiger charge is -2.34. The Bertz CT molecular complexity index is 735. The highest BCUT2D eigenvalue weighted by atomic mass is 16.6. The van der Waals surface area contributed by atoms with Crippen molar-refractivity contribution in [3.05, 3.63) is 36.3 Å². The number of rotatable bonds is 6. The number of piperazine rings is 1. The van der Waals surface area contributed by atoms with Crippen molar-refractivity contribution in [2.24, 2.45) is 0 Å². The molecule has 1 saturated heterocycles. The molecule has 3 heterocycles. The van der Waals surface area contributed by atoms with Crippen LogP contribution < -0.4 is 9.80 Å². The number of anilines is 2. The van der Waals surface area contributed by atoms with Crippen LogP contribution in [0.5, 0.6) is 0 Å². The molecule has 9 nitrogen and oxygen atoms in total. The first-order chi connectivity index (χ1) is 13.2. The Morgan fingerprint density at radius 1 is 1.22 bits per heavy atom. The summed E-state index contributed by atoms with van der Waals surface area (Å²) >= 11 is 0. The first kappa shape index (κ1) is 18.8. The molecule has 0 atom stereocenters. The van der Waals surface area contributed by atoms with Gasteiger partial charge < -0.3 is 19.4 Å². The molecule has 0 unspecified atom stereocenters. The smallest absolute Gasteiger partial charge is 0.409 e. The molecule has 2 aromatic rings. The summed E-state index contributed by atoms with van der Waals surface area (Å²) in [6, 6.07) is 4.01. The standard InChI is InChI=1S/C18H25N7O2/c1-3-27-18(26)25-12-10-24(11-13-25)16-14-20-22-17(21-16)23(2)9-6-15-4-7-19-8-5-15/h4-5,7-8,14H,3,6,9-13H2,1-2H3. The molecular weight excluding hydrogens is 346 g/mol. The molecule has 1 fully saturated rings. The highest BCUT2D eigenvalue weighted by Gasteiger charge is 2.23. The van der Waals surface area contributed by atoms with Gasteiger partial charge in [0.05, 0.1) is 12.8 Å². The van der Waals surface area contributed by atoms with Gasteiger partial charge in [0.25, 0.3) is 0 Å². The third-order valence-electron chi connectivity index (χ3n) is 4.49. The molecule has 0 aromatic carbocycles. The van der Waals surface area contributed by atoms with Crippen LogP contribution in [-0.2, 0) is 11.2 Å². The molecule has 0 aliphatic carbocycles. The molecule has 3 rings (SSSR count). The van der Waals surface area contributed by atoms with E-state index in [0.29, 0.717) is 38.7 Å². The van der Waals surface area contributed by atoms with Crippen molar-refractivity contribution >= 4 is 17.9 Å². The Morgan fingerprint density at radius 2 is 1.96 bits per heavy atom. The summed E-state index contributed by atoms with van der Waals surface area (Å²) in [7, 11) is 1.96. The van der Waals surface area contributed by atoms with E-state index in [-0.39, 0.29) is 6.09 Å². The number of ether oxygens (including phenoxy) is 1. The van der Waals surface area contributed by atoms with E-state index in [9.17, 15) is 4.79 Å². The van der Waals surface area contributed by atoms with E-state index in [1.807, 2.05) is 31.0 Å². The number of nitrogens with zero attached hydrogens (tertiary/aromatic N) is 7. The minimum atomic E-state index is -0.255. The van der Waals surface area contributed by atoms with Gasteiger partial charge in [-0.25, -0.2) is 4.79 Å². The van der Waals surface area contributed by atoms with E-state index in [1.165, 1.54) is 5.56 Å². The maximum absolute atomic E-state index is 11.8. The molecule has 9 heteroatoms. The van der Waals surface area contributed by atoms with Gasteiger partial charge in [0.2, 0.25) is 5.95 Å². The summed E-state index contributed by atoms with van der Waals surface area (Å²) in [5.74, 6) is 1.37. The highest BCUT2D eigenvalue weighted by Crippen LogP contribution is 2.16. The number of carbonyl (C=O) groups is 1. The van der Waals surface area contributed by atoms with Crippen molar-refractivity contribution in [1.82, 2.24) is 25.1 Å². The number of hydrogen-bond acceptors (Lipinski definition) is 8. The van der Waals surface area contributed by atoms with Crippen LogP contribution in [-0.4, -0.2) is 77.5 Å². The van der Waals surface area contributed by atoms with Gasteiger partial charge >= 0.3 is 6.09 Å². The number of likely N-dealkylation sites (N-methyl/N-ethyl adjacent to an activating group) is 1. The summed E-state index contributed by atoms with van der Waals surface area (Å²) in [6.07, 6.45) is 5.88. The van der Waals surface area contributed by atoms with Gasteiger partial charge in [-0.15, -0.1) is 5.10 Å². The molecule has 0 spiro atoms. The molecule has 1 aliphatic rings. The number of pyridine rings is 1. The fourth-order valence-electron chi connectivity index (χ4n) is 2.88. The zero-order chi connectivity index (χ0) is 19.1. The van der Waals surface area contributed by atoms with Crippen LogP contribution in [0.15, 0.2) is 30.7 Å². The van der Waals surface area contributed by atoms with Gasteiger partial charge in [0.1, 0.15) is 0 Å². The highest BCUT2D eigenvalue weighted by molar-refractivity contribution is 5.68. The molecule has 27 heavy (non-hydrogen) atoms. The molecule has 1 aliphatic heterocycles. The van der Waals surface area contributed by atoms with E-state index in [4.69, 9.17) is 4.74 Å². The van der Waals surface area contributed by atoms with Crippen molar-refractivity contribution in [2.75, 3.05) is 56.2 Å². The second kappa shape index (κ2) is 9.11. The van der Waals surface area contributed by atoms with Crippen LogP contribution in [0.1, 0.15) is 12.5 Å². The molecule has 0 radical (unpaired) electrons. The van der Waals surface area contributed by atoms with Gasteiger partial charge in [0.15, 0.2) is 5.82 Å². The lowest BCUT2D eigenvalue weighted by molar-refractivity contribution is 0.105. The van der Waals surface area contributed by atoms with E-state index in [0.717, 1.165) is 18.8 Å². The minimum Gasteiger partial charge on any atom is -0.450 e. The maximum Gasteiger partial charge on any atom is 0.409 e. The molecule has 0 N–H and O–H groups in total. The van der Waals surface area contributed by atoms with Gasteiger partial charge in [0, 0.05) is 52.2 Å². The first-order valence-electron chi connectivity index (χ1n) is 9.13. The third-order valence-corrected chi connectivity index (χ3v) is 4.49. The Hall–Kier alpha value is -2.97. The predicted octanol–water partition coefficient (Wildman–Crippen LogP) is 1.22. The number of hydrogen-bond donors (Lipinski definition) is 0. The number of aromatic nitrogens is 4. The zero-order valence-electron chi connectivity index (χ0n) is 15.8. The van der Waals surface area contributed by atoms with E-state index < -0.39 is 0 Å². The Balaban J connectivity index is 1.56. The Labute approximate surface area is 159 Å². The fraction of sp³-hybridized carbons (Fsp3) is 0.500. The Kier molecular flexibility index (Phi) is 6.35. The van der Waals surface area contributed by atoms with Crippen LogP contribution in [0, 0.1) is 0 Å². The average molecular weight is 371 g/mol. The van der Waals surface area contributed by atoms with Gasteiger partial charge in [-0.2, -0.15) is 10.1 Å². The van der Waals surface area contributed by atoms with Crippen molar-refractivity contribution in [2.45, 2.75) is 13.3 Å². The number of amides is 1. The SMILES string of the molecule is CCOC(=O)N1CCN(c2cnnc(N(C)CCc3ccncc3)n2)CC1. The third kappa shape index (κ3) is 5.02. The molecule has 144 valence electrons. The summed E-state index contributed by atoms with van der Waals surface area (Å²) < 4.78 is 5.06. The van der Waals surface area contributed by atoms with E-state index in [1.54, 1.807) is 23.5 Å². The second-order valence-electron chi connectivity index (χ2n) is 6.31. The topological polar surface area (TPSA) is 87.6 Å². The molecule has 2 aromatic heterocycles. The monoisotopic (exact) mass is 371 g/mol. The van der Waals surface area contributed by atoms with Crippen LogP contribution in [0.4, 0.5) is 16.6 Å². The first-order valence-corrected chi connectivity index (χ1v) is 9.13. The van der Waals surface area contributed by atoms with Crippen LogP contribution in [0.25, 0.3) is 0 Å². The lowest BCUT2D eigenvalue weighted by Crippen LogP contribution is -2.49. The van der Waals surface area contributed by atoms with Crippen LogP contribution in [0.3, 0.4) is 0 Å². The summed E-state index contributed by atoms with van der Waals surface area (Å²) in [5.41, 5.74) is 1.22. The molecule has 0 bridgehead atoms. The lowest BCUT2D eigenvalue weighted by atomic mass is 10.2. The van der Waals surface area contributed by atoms with Crippen LogP contribution >= 0.6 is 0 Å². The molecule has 0 saturated carbocycles. The van der Waals surface area contributed by atoms with Gasteiger partial charge in [-0.1, -0.05) is 0 Å². The summed E-state index contributed by atoms with van der Waals surface area (Å²) in [6.45, 7) is 5.59. The van der Waals surface area contributed by atoms with E-state index in [2.05, 4.69) is 25.1 Å². The average Bonchev–Trinajstić information content (AvgIpc) is 2.73. The van der Waals surface area contributed by atoms with Gasteiger partial charge in [-0.3, -0.25) is 4.98 Å². The summed E-state index contributed by atoms with van der Waals surface area (Å²) in [4.78, 5) is 26.3. The predicted molar refractivity (Wildman–Crippen MR) is 102 cm³/mol. The van der Waals surface area contributed by atoms with Gasteiger partial charge in [-0.05, 0) is 31.0 Å². The fourth-order valence-corrected chi connectivity index (χ4v) is 2.88. The molecular formula is C18H25N7O2. The second-order valence-corrected chi connectivity index (χ2v) is 6.31. The zero-order valence-corrected chi connectivity index (χ0v) is 15.8. The largest absolute Gasteiger partial charge is 0.450 e. The maximum atomic E-state index is 11.8. The summed E-state index contributed by atoms with van der Waals surface area (Å²) in [5, 5.41) is 8.26.